The molecule has 0 aromatic heterocycles. The van der Waals surface area contributed by atoms with Gasteiger partial charge in [0.2, 0.25) is 0 Å². The standard InChI is InChI=1S/C22H29N4O10S/c23-14-37-17-3-1-15(2-4-17)7-16(26(12-21(33)34)13-22(35)36)8-24(9-18(27)28)5-6-25(10-19(29)30)11-20(31)32/h1-4,16,23H,5-13H2,(H,27,28)(H,29,30)(H,31,32)(H,33,34)(H,35,36)/t16-/m0/s1. The molecule has 0 saturated carbocycles. The van der Waals surface area contributed by atoms with Gasteiger partial charge in [-0.3, -0.25) is 38.7 Å². The molecule has 0 unspecified atom stereocenters. The van der Waals surface area contributed by atoms with E-state index in [1.165, 1.54) is 9.80 Å². The lowest BCUT2D eigenvalue weighted by molar-refractivity contribution is -0.144. The predicted octanol–water partition coefficient (Wildman–Crippen LogP) is -0.497. The van der Waals surface area contributed by atoms with Gasteiger partial charge < -0.3 is 25.5 Å². The maximum Gasteiger partial charge on any atom is 0.317 e. The Balaban J connectivity index is 3.24. The van der Waals surface area contributed by atoms with Crippen molar-refractivity contribution in [3.63, 3.8) is 0 Å². The second kappa shape index (κ2) is 16.1. The van der Waals surface area contributed by atoms with Crippen LogP contribution in [0.25, 0.3) is 0 Å². The van der Waals surface area contributed by atoms with E-state index in [0.717, 1.165) is 21.1 Å². The molecule has 0 bridgehead atoms. The molecular weight excluding hydrogens is 512 g/mol. The van der Waals surface area contributed by atoms with E-state index < -0.39 is 68.6 Å². The van der Waals surface area contributed by atoms with Crippen LogP contribution in [-0.4, -0.2) is 134 Å². The maximum atomic E-state index is 11.5. The van der Waals surface area contributed by atoms with Crippen molar-refractivity contribution < 1.29 is 49.5 Å². The van der Waals surface area contributed by atoms with E-state index in [9.17, 15) is 39.3 Å². The first kappa shape index (κ1) is 31.3. The molecule has 37 heavy (non-hydrogen) atoms. The predicted molar refractivity (Wildman–Crippen MR) is 130 cm³/mol. The van der Waals surface area contributed by atoms with Crippen LogP contribution in [0.1, 0.15) is 5.56 Å². The summed E-state index contributed by atoms with van der Waals surface area (Å²) >= 11 is 1.05. The van der Waals surface area contributed by atoms with Gasteiger partial charge in [-0.2, -0.15) is 0 Å². The first-order valence-corrected chi connectivity index (χ1v) is 11.7. The molecule has 0 amide bonds. The fourth-order valence-corrected chi connectivity index (χ4v) is 3.99. The SMILES string of the molecule is N=C=[S]c1ccc(C[C@@H](CN(CCN(CC(=O)O)CC(=O)O)CC(=O)O)N(CC(=O)O)CC(=O)O)cc1. The summed E-state index contributed by atoms with van der Waals surface area (Å²) in [5.74, 6) is -6.31. The molecule has 14 nitrogen and oxygen atoms in total. The van der Waals surface area contributed by atoms with Crippen molar-refractivity contribution in [2.75, 3.05) is 52.4 Å². The van der Waals surface area contributed by atoms with E-state index >= 15 is 0 Å². The first-order chi connectivity index (χ1) is 17.4. The number of hydrogen-bond acceptors (Lipinski definition) is 9. The summed E-state index contributed by atoms with van der Waals surface area (Å²) in [6.45, 7) is -3.21. The van der Waals surface area contributed by atoms with E-state index in [4.69, 9.17) is 15.6 Å². The highest BCUT2D eigenvalue weighted by atomic mass is 32.1. The van der Waals surface area contributed by atoms with Crippen LogP contribution >= 0.6 is 11.4 Å². The Morgan fingerprint density at radius 2 is 1.16 bits per heavy atom. The minimum absolute atomic E-state index is 0.0674. The van der Waals surface area contributed by atoms with Gasteiger partial charge in [0.15, 0.2) is 0 Å². The Hall–Kier alpha value is -3.75. The average Bonchev–Trinajstić information content (AvgIpc) is 2.76. The lowest BCUT2D eigenvalue weighted by Crippen LogP contribution is -2.51. The highest BCUT2D eigenvalue weighted by Gasteiger charge is 2.27. The molecule has 1 radical (unpaired) electrons. The third-order valence-electron chi connectivity index (χ3n) is 5.03. The number of carboxylic acid groups (broad SMARTS) is 5. The second-order valence-electron chi connectivity index (χ2n) is 8.03. The van der Waals surface area contributed by atoms with Gasteiger partial charge >= 0.3 is 29.8 Å². The van der Waals surface area contributed by atoms with Crippen molar-refractivity contribution in [3.05, 3.63) is 29.8 Å². The summed E-state index contributed by atoms with van der Waals surface area (Å²) in [6.07, 6.45) is 0.157. The minimum Gasteiger partial charge on any atom is -0.480 e. The van der Waals surface area contributed by atoms with Gasteiger partial charge in [-0.05, 0) is 24.1 Å². The summed E-state index contributed by atoms with van der Waals surface area (Å²) in [6, 6.07) is 6.08. The van der Waals surface area contributed by atoms with Gasteiger partial charge in [0, 0.05) is 35.7 Å². The molecule has 0 aliphatic carbocycles. The summed E-state index contributed by atoms with van der Waals surface area (Å²) in [4.78, 5) is 61.0. The highest BCUT2D eigenvalue weighted by molar-refractivity contribution is 7.97. The molecule has 1 atom stereocenters. The molecule has 203 valence electrons. The second-order valence-corrected chi connectivity index (χ2v) is 8.91. The molecule has 0 aliphatic rings. The number of isothiocyanates is 1. The van der Waals surface area contributed by atoms with E-state index in [1.54, 1.807) is 24.3 Å². The average molecular weight is 542 g/mol. The number of rotatable bonds is 19. The highest BCUT2D eigenvalue weighted by Crippen LogP contribution is 2.16. The van der Waals surface area contributed by atoms with Gasteiger partial charge in [0.1, 0.15) is 0 Å². The monoisotopic (exact) mass is 541 g/mol. The van der Waals surface area contributed by atoms with Gasteiger partial charge in [0.25, 0.3) is 0 Å². The summed E-state index contributed by atoms with van der Waals surface area (Å²) in [5.41, 5.74) is 0.703. The molecule has 0 heterocycles. The van der Waals surface area contributed by atoms with Gasteiger partial charge in [0.05, 0.1) is 32.7 Å². The van der Waals surface area contributed by atoms with Crippen LogP contribution < -0.4 is 0 Å². The zero-order valence-electron chi connectivity index (χ0n) is 19.8. The molecule has 0 fully saturated rings. The summed E-state index contributed by atoms with van der Waals surface area (Å²) in [7, 11) is 0. The van der Waals surface area contributed by atoms with Crippen molar-refractivity contribution in [3.8, 4) is 0 Å². The van der Waals surface area contributed by atoms with Gasteiger partial charge in [-0.25, -0.2) is 5.41 Å². The Morgan fingerprint density at radius 1 is 0.730 bits per heavy atom. The number of hydrogen-bond donors (Lipinski definition) is 6. The van der Waals surface area contributed by atoms with E-state index in [1.807, 2.05) is 0 Å². The number of carbonyl (C=O) groups is 5. The fourth-order valence-electron chi connectivity index (χ4n) is 3.60. The Bertz CT molecular complexity index is 981. The summed E-state index contributed by atoms with van der Waals surface area (Å²) in [5, 5.41) is 55.4. The van der Waals surface area contributed by atoms with Crippen LogP contribution in [0.3, 0.4) is 0 Å². The maximum absolute atomic E-state index is 11.5. The lowest BCUT2D eigenvalue weighted by Gasteiger charge is -2.34. The minimum atomic E-state index is -1.28. The smallest absolute Gasteiger partial charge is 0.317 e. The van der Waals surface area contributed by atoms with E-state index in [0.29, 0.717) is 5.56 Å². The molecule has 1 aromatic carbocycles. The van der Waals surface area contributed by atoms with Crippen LogP contribution in [0, 0.1) is 5.41 Å². The first-order valence-electron chi connectivity index (χ1n) is 10.8. The van der Waals surface area contributed by atoms with Crippen molar-refractivity contribution in [1.82, 2.24) is 14.7 Å². The number of aliphatic carboxylic acids is 5. The largest absolute Gasteiger partial charge is 0.480 e. The Labute approximate surface area is 215 Å². The third kappa shape index (κ3) is 13.8. The Morgan fingerprint density at radius 3 is 1.59 bits per heavy atom. The number of nitrogens with zero attached hydrogens (tertiary/aromatic N) is 3. The molecule has 1 aromatic rings. The van der Waals surface area contributed by atoms with Crippen molar-refractivity contribution in [1.29, 1.82) is 5.41 Å². The van der Waals surface area contributed by atoms with Crippen molar-refractivity contribution in [2.24, 2.45) is 0 Å². The summed E-state index contributed by atoms with van der Waals surface area (Å²) < 4.78 is 0. The third-order valence-corrected chi connectivity index (χ3v) is 5.64. The number of carboxylic acids is 5. The Kier molecular flexibility index (Phi) is 13.6. The topological polar surface area (TPSA) is 220 Å². The van der Waals surface area contributed by atoms with Crippen LogP contribution in [0.15, 0.2) is 29.2 Å². The van der Waals surface area contributed by atoms with Gasteiger partial charge in [-0.15, -0.1) is 0 Å². The molecule has 0 saturated heterocycles. The normalized spacial score (nSPS) is 11.8. The molecule has 0 aliphatic heterocycles. The lowest BCUT2D eigenvalue weighted by atomic mass is 10.0. The van der Waals surface area contributed by atoms with Crippen LogP contribution in [-0.2, 0) is 30.4 Å². The fraction of sp³-hybridized carbons (Fsp3) is 0.455. The molecule has 1 rings (SSSR count). The van der Waals surface area contributed by atoms with Crippen molar-refractivity contribution in [2.45, 2.75) is 17.4 Å². The number of benzene rings is 1. The van der Waals surface area contributed by atoms with E-state index in [2.05, 4.69) is 5.16 Å². The molecule has 0 spiro atoms. The molecular formula is C22H29N4O10S. The zero-order valence-corrected chi connectivity index (χ0v) is 20.6. The van der Waals surface area contributed by atoms with Gasteiger partial charge in [-0.1, -0.05) is 23.5 Å². The molecule has 15 heteroatoms. The van der Waals surface area contributed by atoms with Crippen LogP contribution in [0.4, 0.5) is 0 Å². The van der Waals surface area contributed by atoms with Crippen LogP contribution in [0.2, 0.25) is 0 Å². The quantitative estimate of drug-likeness (QED) is 0.0962. The number of nitrogens with one attached hydrogen (secondary N) is 1. The van der Waals surface area contributed by atoms with E-state index in [-0.39, 0.29) is 26.1 Å². The van der Waals surface area contributed by atoms with Crippen molar-refractivity contribution >= 4 is 46.4 Å². The molecule has 6 N–H and O–H groups in total. The van der Waals surface area contributed by atoms with Crippen LogP contribution in [0.5, 0.6) is 0 Å². The zero-order chi connectivity index (χ0) is 28.0.